The molecule has 1 heterocycles. The minimum absolute atomic E-state index is 0.111. The van der Waals surface area contributed by atoms with Crippen molar-refractivity contribution in [3.05, 3.63) is 40.9 Å². The van der Waals surface area contributed by atoms with Crippen LogP contribution in [0.5, 0.6) is 0 Å². The van der Waals surface area contributed by atoms with E-state index in [1.54, 1.807) is 16.8 Å². The van der Waals surface area contributed by atoms with Crippen LogP contribution in [0.25, 0.3) is 5.69 Å². The Kier molecular flexibility index (Phi) is 6.37. The smallest absolute Gasteiger partial charge is 0.293 e. The SMILES string of the molecule is CCC(CC)CN(CC)C(=O)c1nc(C)n(-c2ccc(Cl)cc2)n1. The van der Waals surface area contributed by atoms with Crippen molar-refractivity contribution in [3.63, 3.8) is 0 Å². The molecule has 0 bridgehead atoms. The number of carbonyl (C=O) groups excluding carboxylic acids is 1. The highest BCUT2D eigenvalue weighted by atomic mass is 35.5. The van der Waals surface area contributed by atoms with Gasteiger partial charge in [0.1, 0.15) is 5.82 Å². The molecule has 0 atom stereocenters. The average Bonchev–Trinajstić information content (AvgIpc) is 2.98. The predicted octanol–water partition coefficient (Wildman–Crippen LogP) is 4.13. The van der Waals surface area contributed by atoms with E-state index < -0.39 is 0 Å². The molecule has 2 aromatic rings. The normalized spacial score (nSPS) is 11.1. The van der Waals surface area contributed by atoms with E-state index in [0.717, 1.165) is 25.1 Å². The van der Waals surface area contributed by atoms with E-state index in [4.69, 9.17) is 11.6 Å². The minimum atomic E-state index is -0.111. The molecule has 5 nitrogen and oxygen atoms in total. The van der Waals surface area contributed by atoms with Gasteiger partial charge in [-0.1, -0.05) is 38.3 Å². The molecular formula is C18H25ClN4O. The van der Waals surface area contributed by atoms with Crippen molar-refractivity contribution in [2.45, 2.75) is 40.5 Å². The maximum Gasteiger partial charge on any atom is 0.293 e. The summed E-state index contributed by atoms with van der Waals surface area (Å²) in [4.78, 5) is 19.0. The first-order valence-electron chi connectivity index (χ1n) is 8.48. The van der Waals surface area contributed by atoms with Gasteiger partial charge in [-0.3, -0.25) is 4.79 Å². The second-order valence-corrected chi connectivity index (χ2v) is 6.33. The Morgan fingerprint density at radius 1 is 1.21 bits per heavy atom. The molecule has 0 radical (unpaired) electrons. The zero-order chi connectivity index (χ0) is 17.7. The van der Waals surface area contributed by atoms with Crippen LogP contribution in [0, 0.1) is 12.8 Å². The van der Waals surface area contributed by atoms with E-state index in [2.05, 4.69) is 23.9 Å². The second-order valence-electron chi connectivity index (χ2n) is 5.90. The van der Waals surface area contributed by atoms with E-state index in [0.29, 0.717) is 23.3 Å². The van der Waals surface area contributed by atoms with Crippen molar-refractivity contribution in [2.24, 2.45) is 5.92 Å². The Labute approximate surface area is 148 Å². The number of amides is 1. The maximum absolute atomic E-state index is 12.8. The van der Waals surface area contributed by atoms with Gasteiger partial charge in [0.05, 0.1) is 5.69 Å². The molecule has 1 amide bonds. The van der Waals surface area contributed by atoms with Gasteiger partial charge in [0.15, 0.2) is 0 Å². The molecule has 0 unspecified atom stereocenters. The second kappa shape index (κ2) is 8.29. The summed E-state index contributed by atoms with van der Waals surface area (Å²) >= 11 is 5.92. The number of nitrogens with zero attached hydrogens (tertiary/aromatic N) is 4. The molecule has 6 heteroatoms. The van der Waals surface area contributed by atoms with E-state index in [9.17, 15) is 4.79 Å². The Morgan fingerprint density at radius 3 is 2.38 bits per heavy atom. The van der Waals surface area contributed by atoms with E-state index in [1.165, 1.54) is 0 Å². The molecule has 1 aromatic carbocycles. The lowest BCUT2D eigenvalue weighted by molar-refractivity contribution is 0.0722. The Balaban J connectivity index is 2.23. The highest BCUT2D eigenvalue weighted by molar-refractivity contribution is 6.30. The Morgan fingerprint density at radius 2 is 1.83 bits per heavy atom. The highest BCUT2D eigenvalue weighted by Crippen LogP contribution is 2.16. The lowest BCUT2D eigenvalue weighted by atomic mass is 10.0. The molecular weight excluding hydrogens is 324 g/mol. The first-order valence-corrected chi connectivity index (χ1v) is 8.86. The fourth-order valence-electron chi connectivity index (χ4n) is 2.66. The lowest BCUT2D eigenvalue weighted by Crippen LogP contribution is -2.35. The van der Waals surface area contributed by atoms with E-state index in [-0.39, 0.29) is 11.7 Å². The van der Waals surface area contributed by atoms with Crippen LogP contribution in [-0.2, 0) is 0 Å². The van der Waals surface area contributed by atoms with Gasteiger partial charge < -0.3 is 4.90 Å². The first-order chi connectivity index (χ1) is 11.5. The fourth-order valence-corrected chi connectivity index (χ4v) is 2.79. The average molecular weight is 349 g/mol. The number of hydrogen-bond donors (Lipinski definition) is 0. The fraction of sp³-hybridized carbons (Fsp3) is 0.500. The summed E-state index contributed by atoms with van der Waals surface area (Å²) in [7, 11) is 0. The minimum Gasteiger partial charge on any atom is -0.336 e. The van der Waals surface area contributed by atoms with E-state index >= 15 is 0 Å². The first kappa shape index (κ1) is 18.5. The number of aryl methyl sites for hydroxylation is 1. The molecule has 0 fully saturated rings. The predicted molar refractivity (Wildman–Crippen MR) is 96.8 cm³/mol. The van der Waals surface area contributed by atoms with Gasteiger partial charge in [-0.2, -0.15) is 0 Å². The molecule has 2 rings (SSSR count). The van der Waals surface area contributed by atoms with Gasteiger partial charge >= 0.3 is 0 Å². The number of rotatable bonds is 7. The van der Waals surface area contributed by atoms with Crippen molar-refractivity contribution in [3.8, 4) is 5.69 Å². The number of carbonyl (C=O) groups is 1. The standard InChI is InChI=1S/C18H25ClN4O/c1-5-14(6-2)12-22(7-3)18(24)17-20-13(4)23(21-17)16-10-8-15(19)9-11-16/h8-11,14H,5-7,12H2,1-4H3. The summed E-state index contributed by atoms with van der Waals surface area (Å²) in [6.07, 6.45) is 2.12. The largest absolute Gasteiger partial charge is 0.336 e. The van der Waals surface area contributed by atoms with Gasteiger partial charge in [0, 0.05) is 18.1 Å². The van der Waals surface area contributed by atoms with Crippen LogP contribution in [0.2, 0.25) is 5.02 Å². The molecule has 0 saturated heterocycles. The summed E-state index contributed by atoms with van der Waals surface area (Å²) in [5.74, 6) is 1.32. The molecule has 0 spiro atoms. The molecule has 0 aliphatic rings. The van der Waals surface area contributed by atoms with Crippen molar-refractivity contribution in [1.29, 1.82) is 0 Å². The third kappa shape index (κ3) is 4.15. The number of aromatic nitrogens is 3. The van der Waals surface area contributed by atoms with Crippen molar-refractivity contribution < 1.29 is 4.79 Å². The summed E-state index contributed by atoms with van der Waals surface area (Å²) in [5.41, 5.74) is 0.839. The molecule has 130 valence electrons. The Bertz CT molecular complexity index is 677. The van der Waals surface area contributed by atoms with Crippen LogP contribution >= 0.6 is 11.6 Å². The van der Waals surface area contributed by atoms with Gasteiger partial charge in [-0.05, 0) is 44.0 Å². The van der Waals surface area contributed by atoms with Crippen molar-refractivity contribution >= 4 is 17.5 Å². The van der Waals surface area contributed by atoms with Crippen molar-refractivity contribution in [2.75, 3.05) is 13.1 Å². The number of hydrogen-bond acceptors (Lipinski definition) is 3. The number of halogens is 1. The molecule has 0 aliphatic carbocycles. The summed E-state index contributed by atoms with van der Waals surface area (Å²) in [5, 5.41) is 5.07. The summed E-state index contributed by atoms with van der Waals surface area (Å²) in [6, 6.07) is 7.32. The summed E-state index contributed by atoms with van der Waals surface area (Å²) < 4.78 is 1.68. The molecule has 0 aliphatic heterocycles. The number of benzene rings is 1. The van der Waals surface area contributed by atoms with Crippen LogP contribution in [0.3, 0.4) is 0 Å². The van der Waals surface area contributed by atoms with Crippen LogP contribution in [0.1, 0.15) is 50.1 Å². The third-order valence-electron chi connectivity index (χ3n) is 4.33. The monoisotopic (exact) mass is 348 g/mol. The zero-order valence-electron chi connectivity index (χ0n) is 14.8. The van der Waals surface area contributed by atoms with Crippen molar-refractivity contribution in [1.82, 2.24) is 19.7 Å². The molecule has 24 heavy (non-hydrogen) atoms. The van der Waals surface area contributed by atoms with Gasteiger partial charge in [0.2, 0.25) is 5.82 Å². The maximum atomic E-state index is 12.8. The third-order valence-corrected chi connectivity index (χ3v) is 4.59. The highest BCUT2D eigenvalue weighted by Gasteiger charge is 2.22. The zero-order valence-corrected chi connectivity index (χ0v) is 15.5. The van der Waals surface area contributed by atoms with E-state index in [1.807, 2.05) is 30.9 Å². The van der Waals surface area contributed by atoms with Crippen LogP contribution in [0.4, 0.5) is 0 Å². The molecule has 0 N–H and O–H groups in total. The van der Waals surface area contributed by atoms with Gasteiger partial charge in [0.25, 0.3) is 5.91 Å². The molecule has 1 aromatic heterocycles. The van der Waals surface area contributed by atoms with Crippen LogP contribution < -0.4 is 0 Å². The van der Waals surface area contributed by atoms with Crippen LogP contribution in [0.15, 0.2) is 24.3 Å². The topological polar surface area (TPSA) is 51.0 Å². The Hall–Kier alpha value is -1.88. The van der Waals surface area contributed by atoms with Gasteiger partial charge in [-0.25, -0.2) is 9.67 Å². The van der Waals surface area contributed by atoms with Gasteiger partial charge in [-0.15, -0.1) is 5.10 Å². The lowest BCUT2D eigenvalue weighted by Gasteiger charge is -2.24. The quantitative estimate of drug-likeness (QED) is 0.756. The van der Waals surface area contributed by atoms with Crippen LogP contribution in [-0.4, -0.2) is 38.7 Å². The summed E-state index contributed by atoms with van der Waals surface area (Å²) in [6.45, 7) is 9.55. The molecule has 0 saturated carbocycles.